The Morgan fingerprint density at radius 3 is 2.00 bits per heavy atom. The Hall–Kier alpha value is -1.24. The zero-order chi connectivity index (χ0) is 13.2. The van der Waals surface area contributed by atoms with Crippen LogP contribution in [0.15, 0.2) is 28.7 Å². The molecule has 0 fully saturated rings. The average Bonchev–Trinajstić information content (AvgIpc) is 2.26. The Labute approximate surface area is 102 Å². The third-order valence-electron chi connectivity index (χ3n) is 1.87. The summed E-state index contributed by atoms with van der Waals surface area (Å²) in [7, 11) is 0. The largest absolute Gasteiger partial charge is 0.453 e. The highest BCUT2D eigenvalue weighted by molar-refractivity contribution is 9.10. The van der Waals surface area contributed by atoms with Gasteiger partial charge in [0, 0.05) is 10.0 Å². The summed E-state index contributed by atoms with van der Waals surface area (Å²) in [5.74, 6) is -4.19. The molecule has 0 N–H and O–H groups in total. The molecule has 1 aromatic rings. The van der Waals surface area contributed by atoms with Crippen molar-refractivity contribution >= 4 is 27.5 Å². The second-order valence-corrected chi connectivity index (χ2v) is 4.01. The van der Waals surface area contributed by atoms with E-state index in [1.807, 2.05) is 0 Å². The van der Waals surface area contributed by atoms with Crippen molar-refractivity contribution in [1.82, 2.24) is 0 Å². The average molecular weight is 313 g/mol. The molecular weight excluding hydrogens is 308 g/mol. The predicted octanol–water partition coefficient (Wildman–Crippen LogP) is 3.10. The first-order valence-electron chi connectivity index (χ1n) is 4.28. The van der Waals surface area contributed by atoms with Crippen LogP contribution in [-0.4, -0.2) is 23.9 Å². The second-order valence-electron chi connectivity index (χ2n) is 3.10. The summed E-state index contributed by atoms with van der Waals surface area (Å²) in [5, 5.41) is 0. The molecule has 0 saturated carbocycles. The molecule has 0 aliphatic rings. The Bertz CT molecular complexity index is 439. The van der Waals surface area contributed by atoms with Gasteiger partial charge in [0.05, 0.1) is 0 Å². The van der Waals surface area contributed by atoms with Gasteiger partial charge in [-0.15, -0.1) is 0 Å². The topological polar surface area (TPSA) is 34.1 Å². The smallest absolute Gasteiger partial charge is 0.290 e. The lowest BCUT2D eigenvalue weighted by Crippen LogP contribution is -2.36. The lowest BCUT2D eigenvalue weighted by atomic mass is 10.0. The molecule has 17 heavy (non-hydrogen) atoms. The van der Waals surface area contributed by atoms with Gasteiger partial charge >= 0.3 is 6.18 Å². The molecule has 1 unspecified atom stereocenters. The molecular formula is C10H5BrF4O2. The molecule has 0 saturated heterocycles. The highest BCUT2D eigenvalue weighted by Gasteiger charge is 2.46. The monoisotopic (exact) mass is 312 g/mol. The molecule has 0 spiro atoms. The van der Waals surface area contributed by atoms with Crippen LogP contribution in [0.25, 0.3) is 0 Å². The number of rotatable bonds is 3. The molecule has 92 valence electrons. The molecule has 0 amide bonds. The fourth-order valence-corrected chi connectivity index (χ4v) is 1.29. The number of ketones is 2. The summed E-state index contributed by atoms with van der Waals surface area (Å²) >= 11 is 3.04. The van der Waals surface area contributed by atoms with Gasteiger partial charge in [-0.1, -0.05) is 28.1 Å². The number of carbonyl (C=O) groups excluding carboxylic acids is 2. The van der Waals surface area contributed by atoms with Crippen molar-refractivity contribution < 1.29 is 27.2 Å². The maximum atomic E-state index is 13.0. The summed E-state index contributed by atoms with van der Waals surface area (Å²) in [6, 6.07) is 4.97. The van der Waals surface area contributed by atoms with Gasteiger partial charge < -0.3 is 0 Å². The van der Waals surface area contributed by atoms with Crippen LogP contribution in [0.1, 0.15) is 10.4 Å². The van der Waals surface area contributed by atoms with Gasteiger partial charge in [0.25, 0.3) is 5.78 Å². The lowest BCUT2D eigenvalue weighted by molar-refractivity contribution is -0.174. The van der Waals surface area contributed by atoms with Crippen molar-refractivity contribution in [3.8, 4) is 0 Å². The molecule has 1 rings (SSSR count). The Morgan fingerprint density at radius 1 is 1.12 bits per heavy atom. The van der Waals surface area contributed by atoms with E-state index in [1.54, 1.807) is 0 Å². The van der Waals surface area contributed by atoms with E-state index < -0.39 is 23.9 Å². The van der Waals surface area contributed by atoms with Crippen LogP contribution in [0, 0.1) is 0 Å². The van der Waals surface area contributed by atoms with Gasteiger partial charge in [0.1, 0.15) is 0 Å². The lowest BCUT2D eigenvalue weighted by Gasteiger charge is -2.09. The van der Waals surface area contributed by atoms with Crippen molar-refractivity contribution in [3.63, 3.8) is 0 Å². The van der Waals surface area contributed by atoms with Gasteiger partial charge in [-0.25, -0.2) is 4.39 Å². The Balaban J connectivity index is 2.91. The molecule has 0 radical (unpaired) electrons. The zero-order valence-corrected chi connectivity index (χ0v) is 9.68. The highest BCUT2D eigenvalue weighted by atomic mass is 79.9. The number of hydrogen-bond donors (Lipinski definition) is 0. The van der Waals surface area contributed by atoms with E-state index in [0.29, 0.717) is 4.47 Å². The maximum absolute atomic E-state index is 13.0. The number of Topliss-reactive ketones (excluding diaryl/α,β-unsaturated/α-hetero) is 2. The molecule has 0 bridgehead atoms. The van der Waals surface area contributed by atoms with E-state index in [2.05, 4.69) is 15.9 Å². The molecule has 0 heterocycles. The first kappa shape index (κ1) is 13.8. The minimum Gasteiger partial charge on any atom is -0.290 e. The summed E-state index contributed by atoms with van der Waals surface area (Å²) in [5.41, 5.74) is -0.293. The number of alkyl halides is 4. The summed E-state index contributed by atoms with van der Waals surface area (Å²) in [4.78, 5) is 21.7. The van der Waals surface area contributed by atoms with Crippen LogP contribution in [-0.2, 0) is 4.79 Å². The third-order valence-corrected chi connectivity index (χ3v) is 2.40. The van der Waals surface area contributed by atoms with Crippen LogP contribution < -0.4 is 0 Å². The van der Waals surface area contributed by atoms with E-state index in [4.69, 9.17) is 0 Å². The fourth-order valence-electron chi connectivity index (χ4n) is 1.02. The van der Waals surface area contributed by atoms with Gasteiger partial charge in [0.2, 0.25) is 12.0 Å². The summed E-state index contributed by atoms with van der Waals surface area (Å²) < 4.78 is 49.3. The number of halogens is 5. The highest BCUT2D eigenvalue weighted by Crippen LogP contribution is 2.22. The first-order valence-corrected chi connectivity index (χ1v) is 5.07. The van der Waals surface area contributed by atoms with E-state index in [0.717, 1.165) is 12.1 Å². The summed E-state index contributed by atoms with van der Waals surface area (Å²) in [6.45, 7) is 0. The summed E-state index contributed by atoms with van der Waals surface area (Å²) in [6.07, 6.45) is -8.57. The van der Waals surface area contributed by atoms with Gasteiger partial charge in [-0.05, 0) is 12.1 Å². The molecule has 2 nitrogen and oxygen atoms in total. The first-order chi connectivity index (χ1) is 7.73. The molecule has 0 aliphatic carbocycles. The van der Waals surface area contributed by atoms with Crippen LogP contribution >= 0.6 is 15.9 Å². The minimum atomic E-state index is -5.36. The van der Waals surface area contributed by atoms with Crippen LogP contribution in [0.3, 0.4) is 0 Å². The normalized spacial score (nSPS) is 13.2. The van der Waals surface area contributed by atoms with Gasteiger partial charge in [-0.3, -0.25) is 9.59 Å². The van der Waals surface area contributed by atoms with Crippen molar-refractivity contribution in [1.29, 1.82) is 0 Å². The van der Waals surface area contributed by atoms with Crippen LogP contribution in [0.5, 0.6) is 0 Å². The zero-order valence-electron chi connectivity index (χ0n) is 8.09. The molecule has 1 atom stereocenters. The predicted molar refractivity (Wildman–Crippen MR) is 54.4 cm³/mol. The maximum Gasteiger partial charge on any atom is 0.453 e. The van der Waals surface area contributed by atoms with Crippen molar-refractivity contribution in [2.75, 3.05) is 0 Å². The molecule has 0 aliphatic heterocycles. The van der Waals surface area contributed by atoms with Crippen LogP contribution in [0.4, 0.5) is 17.6 Å². The standard InChI is InChI=1S/C10H5BrF4O2/c11-6-3-1-5(2-4-6)8(16)7(12)9(17)10(13,14)15/h1-4,7H. The van der Waals surface area contributed by atoms with Crippen molar-refractivity contribution in [3.05, 3.63) is 34.3 Å². The Kier molecular flexibility index (Phi) is 4.03. The van der Waals surface area contributed by atoms with Gasteiger partial charge in [-0.2, -0.15) is 13.2 Å². The molecule has 0 aromatic heterocycles. The third kappa shape index (κ3) is 3.36. The molecule has 7 heteroatoms. The number of carbonyl (C=O) groups is 2. The minimum absolute atomic E-state index is 0.293. The Morgan fingerprint density at radius 2 is 1.59 bits per heavy atom. The quantitative estimate of drug-likeness (QED) is 0.488. The number of hydrogen-bond acceptors (Lipinski definition) is 2. The van der Waals surface area contributed by atoms with Crippen molar-refractivity contribution in [2.24, 2.45) is 0 Å². The SMILES string of the molecule is O=C(c1ccc(Br)cc1)C(F)C(=O)C(F)(F)F. The number of benzene rings is 1. The van der Waals surface area contributed by atoms with E-state index >= 15 is 0 Å². The fraction of sp³-hybridized carbons (Fsp3) is 0.200. The van der Waals surface area contributed by atoms with E-state index in [1.165, 1.54) is 12.1 Å². The van der Waals surface area contributed by atoms with Crippen LogP contribution in [0.2, 0.25) is 0 Å². The van der Waals surface area contributed by atoms with Crippen molar-refractivity contribution in [2.45, 2.75) is 12.3 Å². The second kappa shape index (κ2) is 4.95. The molecule has 1 aromatic carbocycles. The van der Waals surface area contributed by atoms with E-state index in [-0.39, 0.29) is 5.56 Å². The van der Waals surface area contributed by atoms with E-state index in [9.17, 15) is 27.2 Å². The van der Waals surface area contributed by atoms with Gasteiger partial charge in [0.15, 0.2) is 0 Å².